The van der Waals surface area contributed by atoms with Crippen molar-refractivity contribution >= 4 is 39.2 Å². The second-order valence-electron chi connectivity index (χ2n) is 5.01. The second kappa shape index (κ2) is 5.79. The summed E-state index contributed by atoms with van der Waals surface area (Å²) in [4.78, 5) is 11.1. The fourth-order valence-electron chi connectivity index (χ4n) is 2.55. The summed E-state index contributed by atoms with van der Waals surface area (Å²) in [5.41, 5.74) is 2.79. The molecule has 5 nitrogen and oxygen atoms in total. The highest BCUT2D eigenvalue weighted by Crippen LogP contribution is 2.34. The Labute approximate surface area is 136 Å². The number of hydrogen-bond donors (Lipinski definition) is 0. The fourth-order valence-corrected chi connectivity index (χ4v) is 3.55. The summed E-state index contributed by atoms with van der Waals surface area (Å²) in [5.74, 6) is 0.950. The molecular weight excluding hydrogens is 320 g/mol. The Morgan fingerprint density at radius 1 is 1.09 bits per heavy atom. The van der Waals surface area contributed by atoms with E-state index >= 15 is 0 Å². The normalized spacial score (nSPS) is 15.4. The third-order valence-electron chi connectivity index (χ3n) is 3.67. The van der Waals surface area contributed by atoms with Crippen molar-refractivity contribution in [2.24, 2.45) is 0 Å². The van der Waals surface area contributed by atoms with Crippen molar-refractivity contribution < 1.29 is 4.74 Å². The summed E-state index contributed by atoms with van der Waals surface area (Å²) in [6.45, 7) is 3.16. The molecule has 1 aromatic carbocycles. The monoisotopic (exact) mass is 332 g/mol. The highest BCUT2D eigenvalue weighted by Gasteiger charge is 2.19. The largest absolute Gasteiger partial charge is 0.378 e. The van der Waals surface area contributed by atoms with Gasteiger partial charge in [0.05, 0.1) is 13.2 Å². The average molecular weight is 333 g/mol. The molecule has 1 aliphatic heterocycles. The number of rotatable bonds is 2. The van der Waals surface area contributed by atoms with Gasteiger partial charge in [-0.25, -0.2) is 9.97 Å². The molecule has 0 bridgehead atoms. The van der Waals surface area contributed by atoms with Crippen LogP contribution in [0.25, 0.3) is 21.5 Å². The van der Waals surface area contributed by atoms with Crippen LogP contribution in [0.15, 0.2) is 30.6 Å². The molecule has 1 fully saturated rings. The van der Waals surface area contributed by atoms with Gasteiger partial charge >= 0.3 is 0 Å². The predicted octanol–water partition coefficient (Wildman–Crippen LogP) is 3.24. The van der Waals surface area contributed by atoms with Crippen LogP contribution in [0.3, 0.4) is 0 Å². The number of morpholine rings is 1. The Balaban J connectivity index is 1.80. The number of ether oxygens (including phenoxy) is 1. The minimum Gasteiger partial charge on any atom is -0.378 e. The van der Waals surface area contributed by atoms with Gasteiger partial charge in [0.15, 0.2) is 5.82 Å². The van der Waals surface area contributed by atoms with Crippen LogP contribution in [0, 0.1) is 0 Å². The SMILES string of the molecule is Clc1ccc(-c2nsc3c(N4CCOCC4)ncnc23)cc1. The van der Waals surface area contributed by atoms with Crippen LogP contribution in [0.4, 0.5) is 5.82 Å². The zero-order chi connectivity index (χ0) is 14.9. The molecule has 0 radical (unpaired) electrons. The molecule has 2 aromatic heterocycles. The lowest BCUT2D eigenvalue weighted by Crippen LogP contribution is -2.36. The molecule has 0 saturated carbocycles. The molecule has 1 saturated heterocycles. The number of halogens is 1. The van der Waals surface area contributed by atoms with Gasteiger partial charge in [0.2, 0.25) is 0 Å². The van der Waals surface area contributed by atoms with E-state index in [4.69, 9.17) is 16.3 Å². The maximum atomic E-state index is 5.96. The van der Waals surface area contributed by atoms with Crippen molar-refractivity contribution in [3.05, 3.63) is 35.6 Å². The average Bonchev–Trinajstić information content (AvgIpc) is 3.00. The molecule has 0 aliphatic carbocycles. The van der Waals surface area contributed by atoms with E-state index in [-0.39, 0.29) is 0 Å². The smallest absolute Gasteiger partial charge is 0.151 e. The Bertz CT molecular complexity index is 799. The molecule has 112 valence electrons. The van der Waals surface area contributed by atoms with E-state index in [0.717, 1.165) is 53.6 Å². The molecule has 4 rings (SSSR count). The predicted molar refractivity (Wildman–Crippen MR) is 88.7 cm³/mol. The number of hydrogen-bond acceptors (Lipinski definition) is 6. The number of anilines is 1. The third kappa shape index (κ3) is 2.43. The van der Waals surface area contributed by atoms with Gasteiger partial charge in [-0.2, -0.15) is 4.37 Å². The van der Waals surface area contributed by atoms with Crippen molar-refractivity contribution in [2.75, 3.05) is 31.2 Å². The van der Waals surface area contributed by atoms with E-state index in [1.807, 2.05) is 24.3 Å². The van der Waals surface area contributed by atoms with Crippen LogP contribution in [0.5, 0.6) is 0 Å². The molecule has 0 unspecified atom stereocenters. The van der Waals surface area contributed by atoms with Crippen molar-refractivity contribution in [3.63, 3.8) is 0 Å². The molecule has 0 spiro atoms. The maximum Gasteiger partial charge on any atom is 0.151 e. The minimum atomic E-state index is 0.715. The lowest BCUT2D eigenvalue weighted by atomic mass is 10.1. The summed E-state index contributed by atoms with van der Waals surface area (Å²) < 4.78 is 11.0. The van der Waals surface area contributed by atoms with Crippen LogP contribution in [0.1, 0.15) is 0 Å². The van der Waals surface area contributed by atoms with Gasteiger partial charge in [-0.1, -0.05) is 23.7 Å². The van der Waals surface area contributed by atoms with Crippen molar-refractivity contribution in [1.29, 1.82) is 0 Å². The molecule has 7 heteroatoms. The highest BCUT2D eigenvalue weighted by atomic mass is 35.5. The van der Waals surface area contributed by atoms with Gasteiger partial charge in [0.1, 0.15) is 22.2 Å². The van der Waals surface area contributed by atoms with Crippen LogP contribution in [-0.2, 0) is 4.74 Å². The minimum absolute atomic E-state index is 0.715. The van der Waals surface area contributed by atoms with Crippen LogP contribution >= 0.6 is 23.1 Å². The number of fused-ring (bicyclic) bond motifs is 1. The van der Waals surface area contributed by atoms with E-state index in [9.17, 15) is 0 Å². The van der Waals surface area contributed by atoms with Gasteiger partial charge in [-0.05, 0) is 23.7 Å². The molecule has 0 N–H and O–H groups in total. The Kier molecular flexibility index (Phi) is 3.65. The van der Waals surface area contributed by atoms with Gasteiger partial charge in [-0.15, -0.1) is 0 Å². The van der Waals surface area contributed by atoms with Crippen molar-refractivity contribution in [3.8, 4) is 11.3 Å². The summed E-state index contributed by atoms with van der Waals surface area (Å²) in [5, 5.41) is 0.715. The number of benzene rings is 1. The summed E-state index contributed by atoms with van der Waals surface area (Å²) in [6, 6.07) is 7.67. The van der Waals surface area contributed by atoms with Gasteiger partial charge in [-0.3, -0.25) is 0 Å². The van der Waals surface area contributed by atoms with E-state index in [2.05, 4.69) is 19.2 Å². The summed E-state index contributed by atoms with van der Waals surface area (Å²) >= 11 is 7.40. The van der Waals surface area contributed by atoms with Crippen LogP contribution < -0.4 is 4.90 Å². The zero-order valence-corrected chi connectivity index (χ0v) is 13.3. The quantitative estimate of drug-likeness (QED) is 0.721. The third-order valence-corrected chi connectivity index (χ3v) is 4.75. The lowest BCUT2D eigenvalue weighted by molar-refractivity contribution is 0.122. The van der Waals surface area contributed by atoms with Crippen molar-refractivity contribution in [2.45, 2.75) is 0 Å². The Hall–Kier alpha value is -1.76. The first-order valence-electron chi connectivity index (χ1n) is 7.02. The molecular formula is C15H13ClN4OS. The first-order chi connectivity index (χ1) is 10.8. The summed E-state index contributed by atoms with van der Waals surface area (Å²) in [7, 11) is 0. The Morgan fingerprint density at radius 3 is 2.64 bits per heavy atom. The topological polar surface area (TPSA) is 51.1 Å². The molecule has 1 aliphatic rings. The first-order valence-corrected chi connectivity index (χ1v) is 8.17. The van der Waals surface area contributed by atoms with Gasteiger partial charge < -0.3 is 9.64 Å². The van der Waals surface area contributed by atoms with Gasteiger partial charge in [0, 0.05) is 23.7 Å². The van der Waals surface area contributed by atoms with E-state index < -0.39 is 0 Å². The second-order valence-corrected chi connectivity index (χ2v) is 6.22. The number of aromatic nitrogens is 3. The molecule has 22 heavy (non-hydrogen) atoms. The van der Waals surface area contributed by atoms with E-state index in [1.165, 1.54) is 11.5 Å². The van der Waals surface area contributed by atoms with Crippen LogP contribution in [-0.4, -0.2) is 40.6 Å². The van der Waals surface area contributed by atoms with Gasteiger partial charge in [0.25, 0.3) is 0 Å². The van der Waals surface area contributed by atoms with Crippen LogP contribution in [0.2, 0.25) is 5.02 Å². The molecule has 3 heterocycles. The molecule has 0 amide bonds. The first kappa shape index (κ1) is 13.9. The highest BCUT2D eigenvalue weighted by molar-refractivity contribution is 7.14. The fraction of sp³-hybridized carbons (Fsp3) is 0.267. The zero-order valence-electron chi connectivity index (χ0n) is 11.7. The standard InChI is InChI=1S/C15H13ClN4OS/c16-11-3-1-10(2-4-11)12-13-14(22-19-12)15(18-9-17-13)20-5-7-21-8-6-20/h1-4,9H,5-8H2. The van der Waals surface area contributed by atoms with Crippen molar-refractivity contribution in [1.82, 2.24) is 14.3 Å². The van der Waals surface area contributed by atoms with E-state index in [0.29, 0.717) is 5.02 Å². The lowest BCUT2D eigenvalue weighted by Gasteiger charge is -2.27. The Morgan fingerprint density at radius 2 is 1.86 bits per heavy atom. The number of nitrogens with zero attached hydrogens (tertiary/aromatic N) is 4. The van der Waals surface area contributed by atoms with E-state index in [1.54, 1.807) is 6.33 Å². The molecule has 3 aromatic rings. The maximum absolute atomic E-state index is 5.96. The summed E-state index contributed by atoms with van der Waals surface area (Å²) in [6.07, 6.45) is 1.61. The molecule has 0 atom stereocenters.